The normalized spacial score (nSPS) is 11.1. The number of amides is 1. The second kappa shape index (κ2) is 7.95. The molecule has 3 nitrogen and oxygen atoms in total. The van der Waals surface area contributed by atoms with E-state index in [2.05, 4.69) is 5.32 Å². The Morgan fingerprint density at radius 1 is 0.852 bits per heavy atom. The van der Waals surface area contributed by atoms with Crippen molar-refractivity contribution in [1.29, 1.82) is 0 Å². The van der Waals surface area contributed by atoms with Gasteiger partial charge in [0.1, 0.15) is 6.61 Å². The van der Waals surface area contributed by atoms with Crippen LogP contribution >= 0.6 is 0 Å². The average molecular weight is 371 g/mol. The van der Waals surface area contributed by atoms with Crippen LogP contribution < -0.4 is 5.32 Å². The Kier molecular flexibility index (Phi) is 5.45. The number of ether oxygens (including phenoxy) is 1. The van der Waals surface area contributed by atoms with Gasteiger partial charge < -0.3 is 4.74 Å². The number of nitrogens with one attached hydrogen (secondary N) is 1. The molecule has 1 amide bonds. The lowest BCUT2D eigenvalue weighted by atomic mass is 10.0. The van der Waals surface area contributed by atoms with Crippen molar-refractivity contribution < 1.29 is 22.7 Å². The topological polar surface area (TPSA) is 38.3 Å². The molecule has 3 aromatic carbocycles. The largest absolute Gasteiger partial charge is 0.444 e. The van der Waals surface area contributed by atoms with Gasteiger partial charge in [0, 0.05) is 5.69 Å². The minimum atomic E-state index is -4.37. The maximum absolute atomic E-state index is 12.7. The van der Waals surface area contributed by atoms with E-state index in [0.29, 0.717) is 16.8 Å². The molecule has 27 heavy (non-hydrogen) atoms. The number of hydrogen-bond donors (Lipinski definition) is 1. The Balaban J connectivity index is 1.65. The van der Waals surface area contributed by atoms with Crippen molar-refractivity contribution in [2.45, 2.75) is 12.8 Å². The fourth-order valence-electron chi connectivity index (χ4n) is 2.51. The van der Waals surface area contributed by atoms with Gasteiger partial charge in [-0.05, 0) is 41.0 Å². The molecule has 138 valence electrons. The summed E-state index contributed by atoms with van der Waals surface area (Å²) in [5, 5.41) is 2.62. The van der Waals surface area contributed by atoms with Crippen molar-refractivity contribution in [3.8, 4) is 11.1 Å². The maximum atomic E-state index is 12.7. The molecule has 0 saturated carbocycles. The van der Waals surface area contributed by atoms with E-state index in [9.17, 15) is 18.0 Å². The van der Waals surface area contributed by atoms with Gasteiger partial charge in [-0.3, -0.25) is 5.32 Å². The van der Waals surface area contributed by atoms with E-state index in [0.717, 1.165) is 17.7 Å². The quantitative estimate of drug-likeness (QED) is 0.600. The van der Waals surface area contributed by atoms with Crippen molar-refractivity contribution in [1.82, 2.24) is 0 Å². The number of hydrogen-bond acceptors (Lipinski definition) is 2. The van der Waals surface area contributed by atoms with Gasteiger partial charge in [0.15, 0.2) is 0 Å². The Morgan fingerprint density at radius 2 is 1.56 bits per heavy atom. The van der Waals surface area contributed by atoms with Crippen LogP contribution in [0.3, 0.4) is 0 Å². The lowest BCUT2D eigenvalue weighted by Gasteiger charge is -2.10. The third-order valence-corrected chi connectivity index (χ3v) is 3.87. The van der Waals surface area contributed by atoms with E-state index in [1.54, 1.807) is 24.3 Å². The minimum absolute atomic E-state index is 0.144. The number of benzene rings is 3. The van der Waals surface area contributed by atoms with E-state index in [1.807, 2.05) is 30.3 Å². The van der Waals surface area contributed by atoms with Crippen molar-refractivity contribution in [3.63, 3.8) is 0 Å². The zero-order valence-corrected chi connectivity index (χ0v) is 14.2. The molecule has 3 rings (SSSR count). The van der Waals surface area contributed by atoms with Crippen molar-refractivity contribution >= 4 is 11.8 Å². The van der Waals surface area contributed by atoms with Gasteiger partial charge in [-0.15, -0.1) is 0 Å². The fourth-order valence-corrected chi connectivity index (χ4v) is 2.51. The molecule has 0 aromatic heterocycles. The predicted molar refractivity (Wildman–Crippen MR) is 97.1 cm³/mol. The zero-order chi connectivity index (χ0) is 19.3. The van der Waals surface area contributed by atoms with Crippen LogP contribution in [0.25, 0.3) is 11.1 Å². The Morgan fingerprint density at radius 3 is 2.22 bits per heavy atom. The van der Waals surface area contributed by atoms with Crippen LogP contribution in [0.2, 0.25) is 0 Å². The Bertz CT molecular complexity index is 907. The van der Waals surface area contributed by atoms with Gasteiger partial charge >= 0.3 is 12.3 Å². The molecule has 3 aromatic rings. The first-order valence-electron chi connectivity index (χ1n) is 8.17. The molecular formula is C21H16F3NO2. The number of carbonyl (C=O) groups excluding carboxylic acids is 1. The van der Waals surface area contributed by atoms with Crippen LogP contribution in [0.15, 0.2) is 78.9 Å². The summed E-state index contributed by atoms with van der Waals surface area (Å²) in [6, 6.07) is 20.9. The molecule has 0 heterocycles. The molecule has 0 bridgehead atoms. The lowest BCUT2D eigenvalue weighted by molar-refractivity contribution is -0.137. The first kappa shape index (κ1) is 18.5. The number of rotatable bonds is 4. The number of halogens is 3. The van der Waals surface area contributed by atoms with Gasteiger partial charge in [-0.1, -0.05) is 54.6 Å². The summed E-state index contributed by atoms with van der Waals surface area (Å²) in [5.74, 6) is 0. The van der Waals surface area contributed by atoms with E-state index in [4.69, 9.17) is 4.74 Å². The summed E-state index contributed by atoms with van der Waals surface area (Å²) in [6.07, 6.45) is -4.98. The molecule has 0 spiro atoms. The Labute approximate surface area is 154 Å². The standard InChI is InChI=1S/C21H16F3NO2/c22-21(23,24)18-11-9-16(10-12-18)17-7-4-8-19(13-17)25-20(26)27-14-15-5-2-1-3-6-15/h1-13H,14H2,(H,25,26). The summed E-state index contributed by atoms with van der Waals surface area (Å²) in [7, 11) is 0. The molecule has 6 heteroatoms. The van der Waals surface area contributed by atoms with Gasteiger partial charge in [0.2, 0.25) is 0 Å². The second-order valence-electron chi connectivity index (χ2n) is 5.84. The van der Waals surface area contributed by atoms with E-state index < -0.39 is 17.8 Å². The SMILES string of the molecule is O=C(Nc1cccc(-c2ccc(C(F)(F)F)cc2)c1)OCc1ccccc1. The van der Waals surface area contributed by atoms with Gasteiger partial charge in [-0.25, -0.2) is 4.79 Å². The molecule has 0 atom stereocenters. The number of alkyl halides is 3. The van der Waals surface area contributed by atoms with Crippen molar-refractivity contribution in [2.24, 2.45) is 0 Å². The summed E-state index contributed by atoms with van der Waals surface area (Å²) in [4.78, 5) is 11.9. The highest BCUT2D eigenvalue weighted by Gasteiger charge is 2.29. The predicted octanol–water partition coefficient (Wildman–Crippen LogP) is 6.12. The molecule has 0 aliphatic rings. The summed E-state index contributed by atoms with van der Waals surface area (Å²) >= 11 is 0. The molecule has 0 fully saturated rings. The first-order chi connectivity index (χ1) is 12.9. The lowest BCUT2D eigenvalue weighted by Crippen LogP contribution is -2.13. The summed E-state index contributed by atoms with van der Waals surface area (Å²) in [5.41, 5.74) is 1.95. The maximum Gasteiger partial charge on any atom is 0.416 e. The minimum Gasteiger partial charge on any atom is -0.444 e. The van der Waals surface area contributed by atoms with Crippen LogP contribution in [0.4, 0.5) is 23.7 Å². The van der Waals surface area contributed by atoms with Crippen LogP contribution in [0.1, 0.15) is 11.1 Å². The molecule has 1 N–H and O–H groups in total. The van der Waals surface area contributed by atoms with Gasteiger partial charge in [-0.2, -0.15) is 13.2 Å². The van der Waals surface area contributed by atoms with E-state index in [-0.39, 0.29) is 6.61 Å². The van der Waals surface area contributed by atoms with Gasteiger partial charge in [0.25, 0.3) is 0 Å². The first-order valence-corrected chi connectivity index (χ1v) is 8.17. The van der Waals surface area contributed by atoms with E-state index >= 15 is 0 Å². The molecule has 0 aliphatic carbocycles. The highest BCUT2D eigenvalue weighted by Crippen LogP contribution is 2.31. The van der Waals surface area contributed by atoms with Crippen LogP contribution in [-0.4, -0.2) is 6.09 Å². The molecule has 0 aliphatic heterocycles. The third kappa shape index (κ3) is 5.10. The van der Waals surface area contributed by atoms with Crippen LogP contribution in [-0.2, 0) is 17.5 Å². The third-order valence-electron chi connectivity index (χ3n) is 3.87. The van der Waals surface area contributed by atoms with Crippen molar-refractivity contribution in [2.75, 3.05) is 5.32 Å². The molecular weight excluding hydrogens is 355 g/mol. The smallest absolute Gasteiger partial charge is 0.416 e. The fraction of sp³-hybridized carbons (Fsp3) is 0.0952. The highest BCUT2D eigenvalue weighted by molar-refractivity contribution is 5.86. The number of anilines is 1. The molecule has 0 saturated heterocycles. The monoisotopic (exact) mass is 371 g/mol. The van der Waals surface area contributed by atoms with Gasteiger partial charge in [0.05, 0.1) is 5.56 Å². The molecule has 0 unspecified atom stereocenters. The van der Waals surface area contributed by atoms with E-state index in [1.165, 1.54) is 12.1 Å². The van der Waals surface area contributed by atoms with Crippen LogP contribution in [0.5, 0.6) is 0 Å². The zero-order valence-electron chi connectivity index (χ0n) is 14.2. The van der Waals surface area contributed by atoms with Crippen LogP contribution in [0, 0.1) is 0 Å². The summed E-state index contributed by atoms with van der Waals surface area (Å²) in [6.45, 7) is 0.144. The second-order valence-corrected chi connectivity index (χ2v) is 5.84. The highest BCUT2D eigenvalue weighted by atomic mass is 19.4. The van der Waals surface area contributed by atoms with Crippen molar-refractivity contribution in [3.05, 3.63) is 90.0 Å². The average Bonchev–Trinajstić information content (AvgIpc) is 2.67. The molecule has 0 radical (unpaired) electrons. The Hall–Kier alpha value is -3.28. The summed E-state index contributed by atoms with van der Waals surface area (Å²) < 4.78 is 43.1. The number of carbonyl (C=O) groups is 1.